The molecule has 0 saturated carbocycles. The summed E-state index contributed by atoms with van der Waals surface area (Å²) in [6.07, 6.45) is 6.03. The fourth-order valence-electron chi connectivity index (χ4n) is 3.19. The second-order valence-electron chi connectivity index (χ2n) is 6.46. The van der Waals surface area contributed by atoms with Crippen LogP contribution in [-0.2, 0) is 14.3 Å². The highest BCUT2D eigenvalue weighted by Crippen LogP contribution is 2.28. The van der Waals surface area contributed by atoms with Crippen LogP contribution in [-0.4, -0.2) is 63.5 Å². The first-order valence-corrected chi connectivity index (χ1v) is 9.55. The van der Waals surface area contributed by atoms with Crippen molar-refractivity contribution in [2.24, 2.45) is 5.41 Å². The van der Waals surface area contributed by atoms with Gasteiger partial charge in [-0.05, 0) is 45.2 Å². The number of rotatable bonds is 8. The van der Waals surface area contributed by atoms with Gasteiger partial charge in [0.15, 0.2) is 0 Å². The Balaban J connectivity index is 0.00000264. The van der Waals surface area contributed by atoms with E-state index in [2.05, 4.69) is 10.6 Å². The summed E-state index contributed by atoms with van der Waals surface area (Å²) in [5.41, 5.74) is 0.104. The molecule has 0 radical (unpaired) electrons. The summed E-state index contributed by atoms with van der Waals surface area (Å²) < 4.78 is 11.1. The molecule has 2 aliphatic heterocycles. The van der Waals surface area contributed by atoms with Crippen LogP contribution < -0.4 is 10.6 Å². The SMILES string of the molecule is COCC1(CNC(=O)CSCC2CCCCO2)CCNCC1.Cl. The third-order valence-corrected chi connectivity index (χ3v) is 5.66. The smallest absolute Gasteiger partial charge is 0.230 e. The summed E-state index contributed by atoms with van der Waals surface area (Å²) in [6, 6.07) is 0. The second-order valence-corrected chi connectivity index (χ2v) is 7.49. The summed E-state index contributed by atoms with van der Waals surface area (Å²) in [5, 5.41) is 6.48. The Morgan fingerprint density at radius 1 is 1.39 bits per heavy atom. The average molecular weight is 367 g/mol. The lowest BCUT2D eigenvalue weighted by Gasteiger charge is -2.37. The molecule has 2 fully saturated rings. The maximum atomic E-state index is 12.0. The first-order valence-electron chi connectivity index (χ1n) is 8.40. The number of nitrogens with one attached hydrogen (secondary N) is 2. The predicted molar refractivity (Wildman–Crippen MR) is 97.6 cm³/mol. The largest absolute Gasteiger partial charge is 0.384 e. The van der Waals surface area contributed by atoms with Crippen molar-refractivity contribution in [2.75, 3.05) is 51.5 Å². The van der Waals surface area contributed by atoms with Gasteiger partial charge in [-0.25, -0.2) is 0 Å². The highest BCUT2D eigenvalue weighted by atomic mass is 35.5. The van der Waals surface area contributed by atoms with E-state index < -0.39 is 0 Å². The Labute approximate surface area is 150 Å². The Morgan fingerprint density at radius 3 is 2.83 bits per heavy atom. The van der Waals surface area contributed by atoms with Crippen LogP contribution in [0.5, 0.6) is 0 Å². The maximum absolute atomic E-state index is 12.0. The van der Waals surface area contributed by atoms with Crippen LogP contribution in [0, 0.1) is 5.41 Å². The first kappa shape index (κ1) is 21.0. The summed E-state index contributed by atoms with van der Waals surface area (Å²) >= 11 is 1.69. The zero-order valence-corrected chi connectivity index (χ0v) is 15.7. The summed E-state index contributed by atoms with van der Waals surface area (Å²) in [4.78, 5) is 12.0. The molecular formula is C16H31ClN2O3S. The fraction of sp³-hybridized carbons (Fsp3) is 0.938. The lowest BCUT2D eigenvalue weighted by Crippen LogP contribution is -2.47. The molecule has 0 aromatic heterocycles. The number of hydrogen-bond acceptors (Lipinski definition) is 5. The van der Waals surface area contributed by atoms with Crippen molar-refractivity contribution in [1.82, 2.24) is 10.6 Å². The van der Waals surface area contributed by atoms with Gasteiger partial charge in [0, 0.05) is 31.4 Å². The molecule has 23 heavy (non-hydrogen) atoms. The van der Waals surface area contributed by atoms with Crippen molar-refractivity contribution in [3.8, 4) is 0 Å². The highest BCUT2D eigenvalue weighted by molar-refractivity contribution is 7.99. The number of methoxy groups -OCH3 is 1. The number of piperidine rings is 1. The van der Waals surface area contributed by atoms with Crippen LogP contribution in [0.3, 0.4) is 0 Å². The van der Waals surface area contributed by atoms with Crippen LogP contribution >= 0.6 is 24.2 Å². The fourth-order valence-corrected chi connectivity index (χ4v) is 4.13. The third kappa shape index (κ3) is 7.61. The zero-order valence-electron chi connectivity index (χ0n) is 14.1. The lowest BCUT2D eigenvalue weighted by atomic mass is 9.79. The number of carbonyl (C=O) groups excluding carboxylic acids is 1. The number of thioether (sulfide) groups is 1. The molecule has 2 rings (SSSR count). The molecule has 0 bridgehead atoms. The normalized spacial score (nSPS) is 23.8. The van der Waals surface area contributed by atoms with E-state index in [-0.39, 0.29) is 23.7 Å². The van der Waals surface area contributed by atoms with Gasteiger partial charge in [-0.2, -0.15) is 0 Å². The van der Waals surface area contributed by atoms with E-state index in [9.17, 15) is 4.79 Å². The van der Waals surface area contributed by atoms with Gasteiger partial charge in [-0.3, -0.25) is 4.79 Å². The molecule has 1 amide bonds. The zero-order chi connectivity index (χ0) is 15.7. The van der Waals surface area contributed by atoms with Crippen LogP contribution in [0.1, 0.15) is 32.1 Å². The molecule has 2 heterocycles. The molecule has 5 nitrogen and oxygen atoms in total. The van der Waals surface area contributed by atoms with E-state index in [0.29, 0.717) is 11.9 Å². The molecule has 1 atom stereocenters. The average Bonchev–Trinajstić information content (AvgIpc) is 2.55. The minimum Gasteiger partial charge on any atom is -0.384 e. The number of ether oxygens (including phenoxy) is 2. The van der Waals surface area contributed by atoms with Crippen molar-refractivity contribution in [3.63, 3.8) is 0 Å². The van der Waals surface area contributed by atoms with E-state index >= 15 is 0 Å². The summed E-state index contributed by atoms with van der Waals surface area (Å²) in [7, 11) is 1.74. The molecule has 2 aliphatic rings. The Bertz CT molecular complexity index is 330. The molecule has 0 aromatic carbocycles. The molecule has 2 N–H and O–H groups in total. The lowest BCUT2D eigenvalue weighted by molar-refractivity contribution is -0.119. The quantitative estimate of drug-likeness (QED) is 0.686. The van der Waals surface area contributed by atoms with Gasteiger partial charge >= 0.3 is 0 Å². The number of hydrogen-bond donors (Lipinski definition) is 2. The summed E-state index contributed by atoms with van der Waals surface area (Å²) in [6.45, 7) is 4.34. The highest BCUT2D eigenvalue weighted by Gasteiger charge is 2.32. The molecule has 136 valence electrons. The van der Waals surface area contributed by atoms with Crippen LogP contribution in [0.2, 0.25) is 0 Å². The maximum Gasteiger partial charge on any atom is 0.230 e. The van der Waals surface area contributed by atoms with Gasteiger partial charge in [0.25, 0.3) is 0 Å². The topological polar surface area (TPSA) is 59.6 Å². The van der Waals surface area contributed by atoms with Gasteiger partial charge in [-0.15, -0.1) is 24.2 Å². The van der Waals surface area contributed by atoms with Gasteiger partial charge < -0.3 is 20.1 Å². The van der Waals surface area contributed by atoms with Gasteiger partial charge in [0.1, 0.15) is 0 Å². The van der Waals surface area contributed by atoms with Gasteiger partial charge in [0.05, 0.1) is 18.5 Å². The molecule has 0 aromatic rings. The minimum absolute atomic E-state index is 0. The van der Waals surface area contributed by atoms with Crippen LogP contribution in [0.25, 0.3) is 0 Å². The van der Waals surface area contributed by atoms with E-state index in [4.69, 9.17) is 9.47 Å². The Kier molecular flexibility index (Phi) is 10.5. The van der Waals surface area contributed by atoms with Crippen LogP contribution in [0.4, 0.5) is 0 Å². The molecule has 0 spiro atoms. The van der Waals surface area contributed by atoms with Crippen molar-refractivity contribution in [3.05, 3.63) is 0 Å². The monoisotopic (exact) mass is 366 g/mol. The Hall–Kier alpha value is -0.0100. The van der Waals surface area contributed by atoms with E-state index in [1.54, 1.807) is 18.9 Å². The second kappa shape index (κ2) is 11.5. The van der Waals surface area contributed by atoms with Crippen molar-refractivity contribution < 1.29 is 14.3 Å². The standard InChI is InChI=1S/C16H30N2O3S.ClH/c1-20-13-16(5-7-17-8-6-16)12-18-15(19)11-22-10-14-4-2-3-9-21-14;/h14,17H,2-13H2,1H3,(H,18,19);1H. The number of amides is 1. The van der Waals surface area contributed by atoms with Crippen molar-refractivity contribution in [2.45, 2.75) is 38.2 Å². The first-order chi connectivity index (χ1) is 10.7. The van der Waals surface area contributed by atoms with Gasteiger partial charge in [0.2, 0.25) is 5.91 Å². The van der Waals surface area contributed by atoms with Gasteiger partial charge in [-0.1, -0.05) is 0 Å². The van der Waals surface area contributed by atoms with E-state index in [1.807, 2.05) is 0 Å². The Morgan fingerprint density at radius 2 is 2.17 bits per heavy atom. The van der Waals surface area contributed by atoms with Crippen molar-refractivity contribution in [1.29, 1.82) is 0 Å². The third-order valence-electron chi connectivity index (χ3n) is 4.59. The molecule has 1 unspecified atom stereocenters. The predicted octanol–water partition coefficient (Wildman–Crippen LogP) is 1.84. The van der Waals surface area contributed by atoms with Crippen molar-refractivity contribution >= 4 is 30.1 Å². The number of carbonyl (C=O) groups is 1. The number of halogens is 1. The molecule has 0 aliphatic carbocycles. The molecule has 7 heteroatoms. The molecule has 2 saturated heterocycles. The molecular weight excluding hydrogens is 336 g/mol. The minimum atomic E-state index is 0. The van der Waals surface area contributed by atoms with E-state index in [0.717, 1.165) is 57.9 Å². The summed E-state index contributed by atoms with van der Waals surface area (Å²) in [5.74, 6) is 1.59. The van der Waals surface area contributed by atoms with E-state index in [1.165, 1.54) is 12.8 Å². The van der Waals surface area contributed by atoms with Crippen LogP contribution in [0.15, 0.2) is 0 Å².